The van der Waals surface area contributed by atoms with Crippen LogP contribution in [0, 0.1) is 0 Å². The van der Waals surface area contributed by atoms with Gasteiger partial charge in [0.25, 0.3) is 0 Å². The number of amides is 2. The van der Waals surface area contributed by atoms with Crippen molar-refractivity contribution in [2.24, 2.45) is 0 Å². The molecule has 178 valence electrons. The van der Waals surface area contributed by atoms with E-state index in [4.69, 9.17) is 21.1 Å². The van der Waals surface area contributed by atoms with E-state index in [0.29, 0.717) is 18.1 Å². The summed E-state index contributed by atoms with van der Waals surface area (Å²) in [5.74, 6) is 1.11. The second-order valence-electron chi connectivity index (χ2n) is 7.91. The summed E-state index contributed by atoms with van der Waals surface area (Å²) in [6.07, 6.45) is 0.170. The third kappa shape index (κ3) is 6.99. The number of carbonyl (C=O) groups excluding carboxylic acids is 2. The van der Waals surface area contributed by atoms with E-state index >= 15 is 0 Å². The first-order valence-corrected chi connectivity index (χ1v) is 11.3. The summed E-state index contributed by atoms with van der Waals surface area (Å²) in [5.41, 5.74) is 2.68. The van der Waals surface area contributed by atoms with E-state index < -0.39 is 6.04 Å². The quantitative estimate of drug-likeness (QED) is 0.459. The summed E-state index contributed by atoms with van der Waals surface area (Å²) in [6.45, 7) is 2.40. The summed E-state index contributed by atoms with van der Waals surface area (Å²) in [5, 5.41) is 3.54. The Morgan fingerprint density at radius 1 is 0.824 bits per heavy atom. The molecule has 0 bridgehead atoms. The summed E-state index contributed by atoms with van der Waals surface area (Å²) in [6, 6.07) is 21.4. The van der Waals surface area contributed by atoms with E-state index in [2.05, 4.69) is 5.32 Å². The van der Waals surface area contributed by atoms with Crippen molar-refractivity contribution in [1.29, 1.82) is 0 Å². The number of nitrogens with one attached hydrogen (secondary N) is 1. The molecule has 6 nitrogen and oxygen atoms in total. The number of hydrogen-bond donors (Lipinski definition) is 1. The van der Waals surface area contributed by atoms with Crippen LogP contribution in [0.25, 0.3) is 0 Å². The van der Waals surface area contributed by atoms with Crippen LogP contribution in [0.5, 0.6) is 11.5 Å². The van der Waals surface area contributed by atoms with Gasteiger partial charge in [-0.15, -0.1) is 0 Å². The monoisotopic (exact) mass is 480 g/mol. The van der Waals surface area contributed by atoms with Crippen LogP contribution in [0.1, 0.15) is 23.6 Å². The van der Waals surface area contributed by atoms with Crippen molar-refractivity contribution in [1.82, 2.24) is 10.2 Å². The number of methoxy groups -OCH3 is 2. The van der Waals surface area contributed by atoms with Gasteiger partial charge in [-0.3, -0.25) is 9.59 Å². The fourth-order valence-corrected chi connectivity index (χ4v) is 3.59. The van der Waals surface area contributed by atoms with Gasteiger partial charge in [0.1, 0.15) is 17.5 Å². The molecule has 3 aromatic carbocycles. The van der Waals surface area contributed by atoms with E-state index in [1.807, 2.05) is 60.7 Å². The van der Waals surface area contributed by atoms with Crippen molar-refractivity contribution in [3.05, 3.63) is 94.5 Å². The number of halogens is 1. The molecule has 0 aliphatic carbocycles. The third-order valence-corrected chi connectivity index (χ3v) is 5.83. The molecule has 0 heterocycles. The highest BCUT2D eigenvalue weighted by molar-refractivity contribution is 6.30. The smallest absolute Gasteiger partial charge is 0.242 e. The number of benzene rings is 3. The van der Waals surface area contributed by atoms with E-state index in [-0.39, 0.29) is 18.2 Å². The second kappa shape index (κ2) is 12.1. The first-order chi connectivity index (χ1) is 16.4. The molecule has 0 aliphatic heterocycles. The lowest BCUT2D eigenvalue weighted by atomic mass is 10.1. The SMILES string of the molecule is COc1ccc(CNC(=O)[C@H](C)N(Cc2ccc(OC)cc2)C(=O)Cc2ccc(Cl)cc2)cc1. The van der Waals surface area contributed by atoms with E-state index in [0.717, 1.165) is 28.2 Å². The Labute approximate surface area is 205 Å². The molecule has 34 heavy (non-hydrogen) atoms. The predicted octanol–water partition coefficient (Wildman–Crippen LogP) is 4.63. The summed E-state index contributed by atoms with van der Waals surface area (Å²) < 4.78 is 10.4. The lowest BCUT2D eigenvalue weighted by Gasteiger charge is -2.29. The number of carbonyl (C=O) groups is 2. The van der Waals surface area contributed by atoms with Crippen molar-refractivity contribution in [3.63, 3.8) is 0 Å². The molecule has 0 spiro atoms. The summed E-state index contributed by atoms with van der Waals surface area (Å²) in [4.78, 5) is 27.9. The van der Waals surface area contributed by atoms with Crippen molar-refractivity contribution < 1.29 is 19.1 Å². The van der Waals surface area contributed by atoms with Crippen LogP contribution < -0.4 is 14.8 Å². The zero-order valence-corrected chi connectivity index (χ0v) is 20.3. The lowest BCUT2D eigenvalue weighted by molar-refractivity contribution is -0.140. The molecule has 0 fully saturated rings. The maximum absolute atomic E-state index is 13.3. The van der Waals surface area contributed by atoms with Gasteiger partial charge in [-0.05, 0) is 60.0 Å². The first kappa shape index (κ1) is 25.1. The molecule has 3 rings (SSSR count). The molecule has 1 atom stereocenters. The van der Waals surface area contributed by atoms with Gasteiger partial charge < -0.3 is 19.7 Å². The molecular formula is C27H29ClN2O4. The summed E-state index contributed by atoms with van der Waals surface area (Å²) in [7, 11) is 3.21. The molecule has 0 aromatic heterocycles. The van der Waals surface area contributed by atoms with E-state index in [9.17, 15) is 9.59 Å². The normalized spacial score (nSPS) is 11.4. The summed E-state index contributed by atoms with van der Waals surface area (Å²) >= 11 is 5.97. The number of nitrogens with zero attached hydrogens (tertiary/aromatic N) is 1. The molecule has 7 heteroatoms. The Morgan fingerprint density at radius 2 is 1.32 bits per heavy atom. The Bertz CT molecular complexity index is 1080. The van der Waals surface area contributed by atoms with E-state index in [1.54, 1.807) is 38.2 Å². The minimum absolute atomic E-state index is 0.148. The molecule has 1 N–H and O–H groups in total. The van der Waals surface area contributed by atoms with Crippen molar-refractivity contribution in [2.45, 2.75) is 32.5 Å². The average molecular weight is 481 g/mol. The Morgan fingerprint density at radius 3 is 1.85 bits per heavy atom. The van der Waals surface area contributed by atoms with Crippen LogP contribution in [-0.4, -0.2) is 37.0 Å². The second-order valence-corrected chi connectivity index (χ2v) is 8.35. The van der Waals surface area contributed by atoms with Gasteiger partial charge in [-0.25, -0.2) is 0 Å². The highest BCUT2D eigenvalue weighted by Gasteiger charge is 2.26. The molecule has 0 saturated carbocycles. The number of ether oxygens (including phenoxy) is 2. The topological polar surface area (TPSA) is 67.9 Å². The van der Waals surface area contributed by atoms with Gasteiger partial charge >= 0.3 is 0 Å². The Kier molecular flexibility index (Phi) is 8.93. The van der Waals surface area contributed by atoms with Gasteiger partial charge in [0, 0.05) is 18.1 Å². The maximum atomic E-state index is 13.3. The Balaban J connectivity index is 1.73. The highest BCUT2D eigenvalue weighted by Crippen LogP contribution is 2.17. The zero-order valence-electron chi connectivity index (χ0n) is 19.6. The van der Waals surface area contributed by atoms with Gasteiger partial charge in [-0.1, -0.05) is 48.0 Å². The highest BCUT2D eigenvalue weighted by atomic mass is 35.5. The van der Waals surface area contributed by atoms with Gasteiger partial charge in [0.2, 0.25) is 11.8 Å². The first-order valence-electron chi connectivity index (χ1n) is 11.0. The molecule has 0 radical (unpaired) electrons. The van der Waals surface area contributed by atoms with Crippen LogP contribution in [0.15, 0.2) is 72.8 Å². The predicted molar refractivity (Wildman–Crippen MR) is 133 cm³/mol. The zero-order chi connectivity index (χ0) is 24.5. The average Bonchev–Trinajstić information content (AvgIpc) is 2.87. The maximum Gasteiger partial charge on any atom is 0.242 e. The minimum atomic E-state index is -0.667. The van der Waals surface area contributed by atoms with Crippen molar-refractivity contribution >= 4 is 23.4 Å². The minimum Gasteiger partial charge on any atom is -0.497 e. The lowest BCUT2D eigenvalue weighted by Crippen LogP contribution is -2.47. The van der Waals surface area contributed by atoms with Crippen LogP contribution in [0.2, 0.25) is 5.02 Å². The van der Waals surface area contributed by atoms with Gasteiger partial charge in [0.05, 0.1) is 20.6 Å². The molecule has 0 unspecified atom stereocenters. The molecular weight excluding hydrogens is 452 g/mol. The molecule has 2 amide bonds. The number of hydrogen-bond acceptors (Lipinski definition) is 4. The fraction of sp³-hybridized carbons (Fsp3) is 0.259. The van der Waals surface area contributed by atoms with Crippen LogP contribution >= 0.6 is 11.6 Å². The third-order valence-electron chi connectivity index (χ3n) is 5.57. The Hall–Kier alpha value is -3.51. The van der Waals surface area contributed by atoms with Crippen molar-refractivity contribution in [3.8, 4) is 11.5 Å². The molecule has 3 aromatic rings. The van der Waals surface area contributed by atoms with Gasteiger partial charge in [0.15, 0.2) is 0 Å². The van der Waals surface area contributed by atoms with Gasteiger partial charge in [-0.2, -0.15) is 0 Å². The number of rotatable bonds is 10. The van der Waals surface area contributed by atoms with Crippen molar-refractivity contribution in [2.75, 3.05) is 14.2 Å². The van der Waals surface area contributed by atoms with Crippen LogP contribution in [0.4, 0.5) is 0 Å². The standard InChI is InChI=1S/C27H29ClN2O4/c1-19(27(32)29-17-21-6-12-24(33-2)13-7-21)30(18-22-8-14-25(34-3)15-9-22)26(31)16-20-4-10-23(28)11-5-20/h4-15,19H,16-18H2,1-3H3,(H,29,32)/t19-/m0/s1. The molecule has 0 saturated heterocycles. The van der Waals surface area contributed by atoms with Crippen LogP contribution in [-0.2, 0) is 29.1 Å². The fourth-order valence-electron chi connectivity index (χ4n) is 3.47. The van der Waals surface area contributed by atoms with Crippen LogP contribution in [0.3, 0.4) is 0 Å². The molecule has 0 aliphatic rings. The largest absolute Gasteiger partial charge is 0.497 e. The van der Waals surface area contributed by atoms with E-state index in [1.165, 1.54) is 0 Å².